The number of amides is 1. The van der Waals surface area contributed by atoms with Crippen LogP contribution in [0.4, 0.5) is 0 Å². The number of benzene rings is 1. The van der Waals surface area contributed by atoms with Gasteiger partial charge in [0.2, 0.25) is 5.91 Å². The maximum atomic E-state index is 11.0. The highest BCUT2D eigenvalue weighted by atomic mass is 35.5. The van der Waals surface area contributed by atoms with Crippen LogP contribution in [0.2, 0.25) is 0 Å². The summed E-state index contributed by atoms with van der Waals surface area (Å²) in [5.41, 5.74) is 7.82. The number of aryl methyl sites for hydroxylation is 1. The minimum atomic E-state index is -0.381. The van der Waals surface area contributed by atoms with Crippen LogP contribution in [0.5, 0.6) is 0 Å². The fourth-order valence-corrected chi connectivity index (χ4v) is 1.53. The fraction of sp³-hybridized carbons (Fsp3) is 0.300. The zero-order chi connectivity index (χ0) is 9.84. The van der Waals surface area contributed by atoms with Gasteiger partial charge in [0.05, 0.1) is 0 Å². The van der Waals surface area contributed by atoms with E-state index in [2.05, 4.69) is 0 Å². The Balaban J connectivity index is 3.10. The van der Waals surface area contributed by atoms with E-state index in [1.165, 1.54) is 0 Å². The Morgan fingerprint density at radius 2 is 2.23 bits per heavy atom. The first-order chi connectivity index (χ1) is 6.16. The summed E-state index contributed by atoms with van der Waals surface area (Å²) < 4.78 is 0. The molecule has 0 radical (unpaired) electrons. The Kier molecular flexibility index (Phi) is 3.32. The summed E-state index contributed by atoms with van der Waals surface area (Å²) in [7, 11) is 0. The van der Waals surface area contributed by atoms with Crippen LogP contribution in [0.25, 0.3) is 0 Å². The largest absolute Gasteiger partial charge is 0.366 e. The van der Waals surface area contributed by atoms with Crippen molar-refractivity contribution in [3.05, 3.63) is 34.9 Å². The molecule has 1 amide bonds. The van der Waals surface area contributed by atoms with Crippen molar-refractivity contribution in [3.63, 3.8) is 0 Å². The lowest BCUT2D eigenvalue weighted by atomic mass is 10.0. The smallest absolute Gasteiger partial charge is 0.248 e. The van der Waals surface area contributed by atoms with Crippen molar-refractivity contribution in [2.45, 2.75) is 13.3 Å². The molecule has 0 unspecified atom stereocenters. The van der Waals surface area contributed by atoms with E-state index in [-0.39, 0.29) is 5.91 Å². The monoisotopic (exact) mass is 197 g/mol. The van der Waals surface area contributed by atoms with Gasteiger partial charge in [-0.2, -0.15) is 0 Å². The van der Waals surface area contributed by atoms with E-state index < -0.39 is 0 Å². The van der Waals surface area contributed by atoms with Crippen molar-refractivity contribution in [2.24, 2.45) is 5.73 Å². The van der Waals surface area contributed by atoms with Crippen LogP contribution >= 0.6 is 11.6 Å². The number of carbonyl (C=O) groups excluding carboxylic acids is 1. The number of halogens is 1. The molecule has 0 atom stereocenters. The molecule has 0 aliphatic rings. The molecule has 0 fully saturated rings. The second-order valence-electron chi connectivity index (χ2n) is 2.89. The Morgan fingerprint density at radius 1 is 1.54 bits per heavy atom. The van der Waals surface area contributed by atoms with Crippen LogP contribution < -0.4 is 5.73 Å². The average molecular weight is 198 g/mol. The topological polar surface area (TPSA) is 43.1 Å². The molecule has 0 aliphatic heterocycles. The van der Waals surface area contributed by atoms with Crippen LogP contribution in [0.1, 0.15) is 21.5 Å². The number of nitrogens with two attached hydrogens (primary N) is 1. The van der Waals surface area contributed by atoms with Gasteiger partial charge in [0.1, 0.15) is 0 Å². The molecule has 0 spiro atoms. The second-order valence-corrected chi connectivity index (χ2v) is 3.27. The molecule has 1 aromatic rings. The number of hydrogen-bond acceptors (Lipinski definition) is 1. The van der Waals surface area contributed by atoms with E-state index in [1.54, 1.807) is 6.07 Å². The van der Waals surface area contributed by atoms with Gasteiger partial charge < -0.3 is 5.73 Å². The fourth-order valence-electron chi connectivity index (χ4n) is 1.32. The molecule has 70 valence electrons. The summed E-state index contributed by atoms with van der Waals surface area (Å²) in [6, 6.07) is 5.52. The number of hydrogen-bond donors (Lipinski definition) is 1. The quantitative estimate of drug-likeness (QED) is 0.739. The van der Waals surface area contributed by atoms with Crippen molar-refractivity contribution < 1.29 is 4.79 Å². The van der Waals surface area contributed by atoms with Gasteiger partial charge in [0.15, 0.2) is 0 Å². The van der Waals surface area contributed by atoms with E-state index in [4.69, 9.17) is 17.3 Å². The third-order valence-electron chi connectivity index (χ3n) is 2.08. The van der Waals surface area contributed by atoms with E-state index in [0.717, 1.165) is 17.5 Å². The number of alkyl halides is 1. The molecule has 0 bridgehead atoms. The minimum absolute atomic E-state index is 0.381. The third kappa shape index (κ3) is 2.22. The Labute approximate surface area is 82.7 Å². The summed E-state index contributed by atoms with van der Waals surface area (Å²) in [6.45, 7) is 1.89. The highest BCUT2D eigenvalue weighted by Gasteiger charge is 2.07. The van der Waals surface area contributed by atoms with Gasteiger partial charge in [-0.25, -0.2) is 0 Å². The Morgan fingerprint density at radius 3 is 2.77 bits per heavy atom. The summed E-state index contributed by atoms with van der Waals surface area (Å²) in [5, 5.41) is 0. The molecule has 1 aromatic carbocycles. The first-order valence-corrected chi connectivity index (χ1v) is 4.64. The second kappa shape index (κ2) is 4.28. The van der Waals surface area contributed by atoms with E-state index in [9.17, 15) is 4.79 Å². The predicted molar refractivity (Wildman–Crippen MR) is 54.1 cm³/mol. The van der Waals surface area contributed by atoms with E-state index in [1.807, 2.05) is 19.1 Å². The number of rotatable bonds is 3. The summed E-state index contributed by atoms with van der Waals surface area (Å²) in [4.78, 5) is 11.0. The lowest BCUT2D eigenvalue weighted by molar-refractivity contribution is 0.0999. The molecule has 13 heavy (non-hydrogen) atoms. The van der Waals surface area contributed by atoms with Crippen LogP contribution in [0, 0.1) is 6.92 Å². The SMILES string of the molecule is Cc1c(CCCl)cccc1C(N)=O. The molecule has 3 heteroatoms. The molecule has 2 nitrogen and oxygen atoms in total. The molecule has 0 aromatic heterocycles. The molecular weight excluding hydrogens is 186 g/mol. The van der Waals surface area contributed by atoms with Crippen molar-refractivity contribution in [2.75, 3.05) is 5.88 Å². The minimum Gasteiger partial charge on any atom is -0.366 e. The van der Waals surface area contributed by atoms with Crippen LogP contribution in [0.3, 0.4) is 0 Å². The standard InChI is InChI=1S/C10H12ClNO/c1-7-8(5-6-11)3-2-4-9(7)10(12)13/h2-4H,5-6H2,1H3,(H2,12,13). The Bertz CT molecular complexity index is 323. The van der Waals surface area contributed by atoms with Gasteiger partial charge in [-0.15, -0.1) is 11.6 Å². The third-order valence-corrected chi connectivity index (χ3v) is 2.26. The summed E-state index contributed by atoms with van der Waals surface area (Å²) in [5.74, 6) is 0.178. The van der Waals surface area contributed by atoms with Gasteiger partial charge >= 0.3 is 0 Å². The van der Waals surface area contributed by atoms with Gasteiger partial charge in [-0.3, -0.25) is 4.79 Å². The predicted octanol–water partition coefficient (Wildman–Crippen LogP) is 1.88. The average Bonchev–Trinajstić information content (AvgIpc) is 2.08. The van der Waals surface area contributed by atoms with Gasteiger partial charge in [-0.1, -0.05) is 12.1 Å². The molecule has 0 saturated heterocycles. The van der Waals surface area contributed by atoms with Crippen LogP contribution in [-0.4, -0.2) is 11.8 Å². The number of carbonyl (C=O) groups is 1. The van der Waals surface area contributed by atoms with Crippen molar-refractivity contribution >= 4 is 17.5 Å². The van der Waals surface area contributed by atoms with Gasteiger partial charge in [0, 0.05) is 11.4 Å². The van der Waals surface area contributed by atoms with Crippen LogP contribution in [-0.2, 0) is 6.42 Å². The zero-order valence-corrected chi connectivity index (χ0v) is 8.27. The first kappa shape index (κ1) is 10.1. The normalized spacial score (nSPS) is 10.0. The van der Waals surface area contributed by atoms with Crippen molar-refractivity contribution in [1.29, 1.82) is 0 Å². The highest BCUT2D eigenvalue weighted by molar-refractivity contribution is 6.18. The molecule has 1 rings (SSSR count). The molecule has 0 saturated carbocycles. The van der Waals surface area contributed by atoms with Crippen molar-refractivity contribution in [1.82, 2.24) is 0 Å². The lowest BCUT2D eigenvalue weighted by Crippen LogP contribution is -2.13. The summed E-state index contributed by atoms with van der Waals surface area (Å²) >= 11 is 5.62. The number of primary amides is 1. The van der Waals surface area contributed by atoms with Crippen molar-refractivity contribution in [3.8, 4) is 0 Å². The maximum absolute atomic E-state index is 11.0. The Hall–Kier alpha value is -1.02. The zero-order valence-electron chi connectivity index (χ0n) is 7.51. The highest BCUT2D eigenvalue weighted by Crippen LogP contribution is 2.14. The first-order valence-electron chi connectivity index (χ1n) is 4.11. The molecule has 0 heterocycles. The maximum Gasteiger partial charge on any atom is 0.248 e. The molecule has 2 N–H and O–H groups in total. The van der Waals surface area contributed by atoms with E-state index >= 15 is 0 Å². The molecular formula is C10H12ClNO. The molecule has 0 aliphatic carbocycles. The lowest BCUT2D eigenvalue weighted by Gasteiger charge is -2.06. The van der Waals surface area contributed by atoms with Crippen LogP contribution in [0.15, 0.2) is 18.2 Å². The summed E-state index contributed by atoms with van der Waals surface area (Å²) in [6.07, 6.45) is 0.772. The van der Waals surface area contributed by atoms with Gasteiger partial charge in [0.25, 0.3) is 0 Å². The van der Waals surface area contributed by atoms with E-state index in [0.29, 0.717) is 11.4 Å². The van der Waals surface area contributed by atoms with Gasteiger partial charge in [-0.05, 0) is 30.5 Å².